The monoisotopic (exact) mass is 274 g/mol. The molecule has 18 heavy (non-hydrogen) atoms. The minimum absolute atomic E-state index is 0. The summed E-state index contributed by atoms with van der Waals surface area (Å²) in [6, 6.07) is 0.0642. The summed E-state index contributed by atoms with van der Waals surface area (Å²) in [5.41, 5.74) is 0.255. The third-order valence-electron chi connectivity index (χ3n) is 4.56. The molecule has 1 heterocycles. The maximum absolute atomic E-state index is 11.9. The van der Waals surface area contributed by atoms with Crippen LogP contribution in [0, 0.1) is 11.3 Å². The van der Waals surface area contributed by atoms with Crippen LogP contribution >= 0.6 is 12.4 Å². The van der Waals surface area contributed by atoms with Crippen LogP contribution in [0.15, 0.2) is 0 Å². The van der Waals surface area contributed by atoms with Crippen LogP contribution in [0.3, 0.4) is 0 Å². The van der Waals surface area contributed by atoms with Gasteiger partial charge in [0, 0.05) is 6.54 Å². The van der Waals surface area contributed by atoms with E-state index in [-0.39, 0.29) is 29.8 Å². The van der Waals surface area contributed by atoms with E-state index < -0.39 is 0 Å². The summed E-state index contributed by atoms with van der Waals surface area (Å²) >= 11 is 0. The number of hydrogen-bond donors (Lipinski definition) is 2. The molecule has 0 aromatic carbocycles. The van der Waals surface area contributed by atoms with Gasteiger partial charge in [0.05, 0.1) is 6.04 Å². The van der Waals surface area contributed by atoms with E-state index in [4.69, 9.17) is 0 Å². The Morgan fingerprint density at radius 3 is 2.44 bits per heavy atom. The van der Waals surface area contributed by atoms with Crippen molar-refractivity contribution in [1.82, 2.24) is 10.6 Å². The molecule has 1 saturated carbocycles. The zero-order valence-corrected chi connectivity index (χ0v) is 12.4. The minimum atomic E-state index is 0. The molecule has 2 N–H and O–H groups in total. The molecule has 0 aromatic heterocycles. The van der Waals surface area contributed by atoms with Crippen molar-refractivity contribution in [2.45, 2.75) is 58.4 Å². The van der Waals surface area contributed by atoms with E-state index in [1.807, 2.05) is 0 Å². The average molecular weight is 275 g/mol. The molecule has 0 spiro atoms. The van der Waals surface area contributed by atoms with Gasteiger partial charge in [-0.15, -0.1) is 12.4 Å². The van der Waals surface area contributed by atoms with E-state index in [0.29, 0.717) is 0 Å². The molecule has 1 aliphatic heterocycles. The van der Waals surface area contributed by atoms with Gasteiger partial charge in [-0.1, -0.05) is 26.7 Å². The lowest BCUT2D eigenvalue weighted by molar-refractivity contribution is -0.123. The molecule has 2 fully saturated rings. The summed E-state index contributed by atoms with van der Waals surface area (Å²) < 4.78 is 0. The zero-order valence-electron chi connectivity index (χ0n) is 11.6. The molecule has 1 unspecified atom stereocenters. The highest BCUT2D eigenvalue weighted by molar-refractivity contribution is 5.85. The van der Waals surface area contributed by atoms with Crippen LogP contribution in [0.2, 0.25) is 0 Å². The van der Waals surface area contributed by atoms with Crippen molar-refractivity contribution in [3.05, 3.63) is 0 Å². The Morgan fingerprint density at radius 2 is 1.89 bits per heavy atom. The van der Waals surface area contributed by atoms with Crippen LogP contribution in [-0.2, 0) is 4.79 Å². The smallest absolute Gasteiger partial charge is 0.237 e. The summed E-state index contributed by atoms with van der Waals surface area (Å²) in [6.45, 7) is 6.41. The van der Waals surface area contributed by atoms with E-state index in [1.165, 1.54) is 25.7 Å². The summed E-state index contributed by atoms with van der Waals surface area (Å²) in [4.78, 5) is 11.9. The van der Waals surface area contributed by atoms with Gasteiger partial charge in [0.2, 0.25) is 5.91 Å². The topological polar surface area (TPSA) is 41.1 Å². The van der Waals surface area contributed by atoms with Crippen molar-refractivity contribution in [2.75, 3.05) is 13.1 Å². The lowest BCUT2D eigenvalue weighted by Crippen LogP contribution is -2.45. The average Bonchev–Trinajstić information content (AvgIpc) is 2.97. The van der Waals surface area contributed by atoms with Crippen molar-refractivity contribution in [2.24, 2.45) is 11.3 Å². The number of rotatable bonds is 4. The second-order valence-electron chi connectivity index (χ2n) is 6.34. The number of hydrogen-bond acceptors (Lipinski definition) is 2. The molecule has 1 aliphatic carbocycles. The largest absolute Gasteiger partial charge is 0.354 e. The fourth-order valence-corrected chi connectivity index (χ4v) is 3.20. The van der Waals surface area contributed by atoms with Crippen LogP contribution in [0.25, 0.3) is 0 Å². The normalized spacial score (nSPS) is 24.9. The highest BCUT2D eigenvalue weighted by Gasteiger charge is 2.32. The molecule has 3 nitrogen and oxygen atoms in total. The van der Waals surface area contributed by atoms with Gasteiger partial charge in [0.25, 0.3) is 0 Å². The molecule has 2 aliphatic rings. The zero-order chi connectivity index (χ0) is 12.3. The van der Waals surface area contributed by atoms with Crippen molar-refractivity contribution >= 4 is 18.3 Å². The molecule has 0 aromatic rings. The van der Waals surface area contributed by atoms with E-state index in [1.54, 1.807) is 0 Å². The molecule has 106 valence electrons. The second kappa shape index (κ2) is 6.76. The third-order valence-corrected chi connectivity index (χ3v) is 4.56. The molecule has 1 atom stereocenters. The quantitative estimate of drug-likeness (QED) is 0.827. The van der Waals surface area contributed by atoms with E-state index in [0.717, 1.165) is 31.8 Å². The Kier molecular flexibility index (Phi) is 5.93. The maximum atomic E-state index is 11.9. The number of carbonyl (C=O) groups excluding carboxylic acids is 1. The SMILES string of the molecule is CC(C)(CNC(=O)C1CCCN1)C1CCCC1.Cl. The highest BCUT2D eigenvalue weighted by atomic mass is 35.5. The van der Waals surface area contributed by atoms with E-state index in [2.05, 4.69) is 24.5 Å². The first-order valence-electron chi connectivity index (χ1n) is 7.11. The summed E-state index contributed by atoms with van der Waals surface area (Å²) in [5.74, 6) is 0.993. The first-order valence-corrected chi connectivity index (χ1v) is 7.11. The lowest BCUT2D eigenvalue weighted by Gasteiger charge is -2.32. The van der Waals surface area contributed by atoms with Gasteiger partial charge in [0.15, 0.2) is 0 Å². The van der Waals surface area contributed by atoms with Crippen LogP contribution in [0.4, 0.5) is 0 Å². The Hall–Kier alpha value is -0.280. The molecular formula is C14H27ClN2O. The van der Waals surface area contributed by atoms with Crippen molar-refractivity contribution in [1.29, 1.82) is 0 Å². The summed E-state index contributed by atoms with van der Waals surface area (Å²) in [5, 5.41) is 6.39. The second-order valence-corrected chi connectivity index (χ2v) is 6.34. The molecule has 0 bridgehead atoms. The summed E-state index contributed by atoms with van der Waals surface area (Å²) in [6.07, 6.45) is 7.54. The number of carbonyl (C=O) groups is 1. The molecule has 4 heteroatoms. The van der Waals surface area contributed by atoms with E-state index in [9.17, 15) is 4.79 Å². The standard InChI is InChI=1S/C14H26N2O.ClH/c1-14(2,11-6-3-4-7-11)10-16-13(17)12-8-5-9-15-12;/h11-12,15H,3-10H2,1-2H3,(H,16,17);1H. The Morgan fingerprint density at radius 1 is 1.22 bits per heavy atom. The summed E-state index contributed by atoms with van der Waals surface area (Å²) in [7, 11) is 0. The Bertz CT molecular complexity index is 269. The van der Waals surface area contributed by atoms with Crippen molar-refractivity contribution in [3.8, 4) is 0 Å². The predicted octanol–water partition coefficient (Wildman–Crippen LogP) is 2.49. The van der Waals surface area contributed by atoms with Crippen molar-refractivity contribution < 1.29 is 4.79 Å². The van der Waals surface area contributed by atoms with Gasteiger partial charge < -0.3 is 10.6 Å². The number of nitrogens with one attached hydrogen (secondary N) is 2. The predicted molar refractivity (Wildman–Crippen MR) is 77.0 cm³/mol. The van der Waals surface area contributed by atoms with Gasteiger partial charge in [0.1, 0.15) is 0 Å². The molecule has 1 saturated heterocycles. The third kappa shape index (κ3) is 3.86. The first kappa shape index (κ1) is 15.8. The molecular weight excluding hydrogens is 248 g/mol. The van der Waals surface area contributed by atoms with Gasteiger partial charge in [-0.05, 0) is 43.6 Å². The van der Waals surface area contributed by atoms with Gasteiger partial charge in [-0.3, -0.25) is 4.79 Å². The molecule has 2 rings (SSSR count). The lowest BCUT2D eigenvalue weighted by atomic mass is 9.77. The highest BCUT2D eigenvalue weighted by Crippen LogP contribution is 2.38. The van der Waals surface area contributed by atoms with Crippen LogP contribution < -0.4 is 10.6 Å². The van der Waals surface area contributed by atoms with Gasteiger partial charge >= 0.3 is 0 Å². The van der Waals surface area contributed by atoms with Crippen molar-refractivity contribution in [3.63, 3.8) is 0 Å². The molecule has 1 amide bonds. The Balaban J connectivity index is 0.00000162. The fraction of sp³-hybridized carbons (Fsp3) is 0.929. The first-order chi connectivity index (χ1) is 8.09. The number of amides is 1. The fourth-order valence-electron chi connectivity index (χ4n) is 3.20. The number of halogens is 1. The minimum Gasteiger partial charge on any atom is -0.354 e. The maximum Gasteiger partial charge on any atom is 0.237 e. The Labute approximate surface area is 117 Å². The van der Waals surface area contributed by atoms with E-state index >= 15 is 0 Å². The van der Waals surface area contributed by atoms with Crippen LogP contribution in [0.1, 0.15) is 52.4 Å². The molecule has 0 radical (unpaired) electrons. The van der Waals surface area contributed by atoms with Crippen LogP contribution in [0.5, 0.6) is 0 Å². The van der Waals surface area contributed by atoms with Gasteiger partial charge in [-0.2, -0.15) is 0 Å². The van der Waals surface area contributed by atoms with Gasteiger partial charge in [-0.25, -0.2) is 0 Å². The van der Waals surface area contributed by atoms with Crippen LogP contribution in [-0.4, -0.2) is 25.0 Å².